The Bertz CT molecular complexity index is 4720. The van der Waals surface area contributed by atoms with Gasteiger partial charge in [-0.3, -0.25) is 15.0 Å². The van der Waals surface area contributed by atoms with Gasteiger partial charge in [0.05, 0.1) is 0 Å². The summed E-state index contributed by atoms with van der Waals surface area (Å²) in [4.78, 5) is 18.2. The molecule has 0 aliphatic carbocycles. The van der Waals surface area contributed by atoms with E-state index in [1.54, 1.807) is 18.6 Å². The molecule has 0 unspecified atom stereocenters. The van der Waals surface area contributed by atoms with Gasteiger partial charge >= 0.3 is 15.1 Å². The summed E-state index contributed by atoms with van der Waals surface area (Å²) >= 11 is -2.86. The Morgan fingerprint density at radius 1 is 0.233 bits per heavy atom. The predicted octanol–water partition coefficient (Wildman–Crippen LogP) is 21.3. The number of rotatable bonds is 14. The fourth-order valence-corrected chi connectivity index (χ4v) is 13.1. The molecule has 0 fully saturated rings. The maximum absolute atomic E-state index is 6.41. The maximum atomic E-state index is 6.41. The number of anilines is 6. The van der Waals surface area contributed by atoms with Gasteiger partial charge in [-0.15, -0.1) is 0 Å². The van der Waals surface area contributed by atoms with Crippen LogP contribution in [-0.4, -0.2) is 30.1 Å². The monoisotopic (exact) mass is 1170 g/mol. The van der Waals surface area contributed by atoms with Gasteiger partial charge in [-0.05, 0) is 163 Å². The van der Waals surface area contributed by atoms with E-state index >= 15 is 0 Å². The molecule has 0 amide bonds. The highest BCUT2D eigenvalue weighted by Crippen LogP contribution is 2.40. The second kappa shape index (κ2) is 25.0. The average Bonchev–Trinajstić information content (AvgIpc) is 1.83. The number of pyridine rings is 3. The highest BCUT2D eigenvalue weighted by molar-refractivity contribution is 6.40. The molecule has 16 rings (SSSR count). The lowest BCUT2D eigenvalue weighted by Crippen LogP contribution is -2.37. The van der Waals surface area contributed by atoms with Gasteiger partial charge < -0.3 is 21.2 Å². The summed E-state index contributed by atoms with van der Waals surface area (Å²) in [6, 6.07) is 108. The van der Waals surface area contributed by atoms with Crippen molar-refractivity contribution < 1.29 is 11.4 Å². The van der Waals surface area contributed by atoms with Crippen molar-refractivity contribution in [2.45, 2.75) is 0 Å². The van der Waals surface area contributed by atoms with Crippen molar-refractivity contribution in [2.75, 3.05) is 9.80 Å². The van der Waals surface area contributed by atoms with E-state index in [0.717, 1.165) is 78.0 Å². The molecule has 0 aliphatic rings. The van der Waals surface area contributed by atoms with Crippen molar-refractivity contribution in [1.29, 1.82) is 0 Å². The normalized spacial score (nSPS) is 11.3. The first-order chi connectivity index (χ1) is 44.6. The first-order valence-corrected chi connectivity index (χ1v) is 31.4. The molecule has 0 bridgehead atoms. The van der Waals surface area contributed by atoms with Crippen molar-refractivity contribution in [2.24, 2.45) is 0 Å². The molecule has 0 saturated heterocycles. The summed E-state index contributed by atoms with van der Waals surface area (Å²) in [5.74, 6) is 1.82. The Balaban J connectivity index is 0.000000170. The molecule has 0 spiro atoms. The van der Waals surface area contributed by atoms with Crippen LogP contribution in [0, 0.1) is 0 Å². The lowest BCUT2D eigenvalue weighted by atomic mass is 10.1. The van der Waals surface area contributed by atoms with E-state index in [9.17, 15) is 0 Å². The van der Waals surface area contributed by atoms with E-state index in [0.29, 0.717) is 17.2 Å². The van der Waals surface area contributed by atoms with Crippen LogP contribution < -0.4 is 21.2 Å². The summed E-state index contributed by atoms with van der Waals surface area (Å²) < 4.78 is 19.2. The lowest BCUT2D eigenvalue weighted by Gasteiger charge is -2.26. The minimum Gasteiger partial charge on any atom is -0.576 e. The molecular formula is C81H56AlN5O3. The number of benzene rings is 13. The summed E-state index contributed by atoms with van der Waals surface area (Å²) in [6.07, 6.45) is 9.63. The van der Waals surface area contributed by atoms with Crippen molar-refractivity contribution in [3.05, 3.63) is 339 Å². The zero-order chi connectivity index (χ0) is 60.0. The SMILES string of the molecule is C(=C\c1ccc(N(c2ccc3ccccc3c2)c2ccc3ccccc3c2)cc1)/c1ccc(N(c2ccc3ccccc3c2)c2ccc3ccccc3c2)cc1.c1cnc2c([O][Al]([O]c3cccc4cccnc34)[O]c3cccc4cccnc34)cccc2c1. The molecule has 0 radical (unpaired) electrons. The number of aromatic nitrogens is 3. The van der Waals surface area contributed by atoms with Crippen molar-refractivity contribution in [3.8, 4) is 17.2 Å². The molecule has 3 aromatic heterocycles. The molecule has 0 N–H and O–H groups in total. The average molecular weight is 1170 g/mol. The Morgan fingerprint density at radius 2 is 0.489 bits per heavy atom. The molecule has 90 heavy (non-hydrogen) atoms. The van der Waals surface area contributed by atoms with E-state index in [1.807, 2.05) is 91.0 Å². The quantitative estimate of drug-likeness (QED) is 0.0788. The zero-order valence-electron chi connectivity index (χ0n) is 48.9. The van der Waals surface area contributed by atoms with Crippen LogP contribution in [0.15, 0.2) is 328 Å². The van der Waals surface area contributed by atoms with Crippen LogP contribution >= 0.6 is 0 Å². The third-order valence-corrected chi connectivity index (χ3v) is 17.5. The number of hydrogen-bond donors (Lipinski definition) is 0. The molecule has 0 atom stereocenters. The molecule has 0 aliphatic heterocycles. The topological polar surface area (TPSA) is 72.8 Å². The van der Waals surface area contributed by atoms with Crippen LogP contribution in [0.2, 0.25) is 0 Å². The Labute approximate surface area is 526 Å². The molecule has 9 heteroatoms. The molecule has 426 valence electrons. The van der Waals surface area contributed by atoms with Gasteiger partial charge in [0.15, 0.2) is 0 Å². The van der Waals surface area contributed by atoms with Gasteiger partial charge in [0.1, 0.15) is 33.8 Å². The molecule has 8 nitrogen and oxygen atoms in total. The number of fused-ring (bicyclic) bond motifs is 7. The fourth-order valence-electron chi connectivity index (χ4n) is 11.7. The van der Waals surface area contributed by atoms with Crippen LogP contribution in [0.25, 0.3) is 88.0 Å². The second-order valence-electron chi connectivity index (χ2n) is 21.9. The highest BCUT2D eigenvalue weighted by Gasteiger charge is 2.46. The summed E-state index contributed by atoms with van der Waals surface area (Å²) in [5.41, 5.74) is 11.3. The fraction of sp³-hybridized carbons (Fsp3) is 0. The molecule has 3 heterocycles. The maximum Gasteiger partial charge on any atom is 1.20 e. The number of para-hydroxylation sites is 3. The van der Waals surface area contributed by atoms with E-state index in [2.05, 4.69) is 255 Å². The van der Waals surface area contributed by atoms with Crippen LogP contribution in [0.3, 0.4) is 0 Å². The molecule has 0 saturated carbocycles. The Morgan fingerprint density at radius 3 is 0.789 bits per heavy atom. The summed E-state index contributed by atoms with van der Waals surface area (Å²) in [5, 5.41) is 12.8. The summed E-state index contributed by atoms with van der Waals surface area (Å²) in [6.45, 7) is 0. The Kier molecular flexibility index (Phi) is 15.3. The van der Waals surface area contributed by atoms with Crippen LogP contribution in [0.5, 0.6) is 17.2 Å². The van der Waals surface area contributed by atoms with Gasteiger partial charge in [-0.25, -0.2) is 0 Å². The van der Waals surface area contributed by atoms with Crippen LogP contribution in [-0.2, 0) is 0 Å². The van der Waals surface area contributed by atoms with Crippen molar-refractivity contribution >= 4 is 137 Å². The minimum absolute atomic E-state index is 0.608. The van der Waals surface area contributed by atoms with Crippen molar-refractivity contribution in [3.63, 3.8) is 0 Å². The number of nitrogens with zero attached hydrogens (tertiary/aromatic N) is 5. The van der Waals surface area contributed by atoms with Crippen LogP contribution in [0.4, 0.5) is 34.1 Å². The van der Waals surface area contributed by atoms with Gasteiger partial charge in [-0.1, -0.05) is 212 Å². The van der Waals surface area contributed by atoms with Gasteiger partial charge in [0, 0.05) is 68.9 Å². The highest BCUT2D eigenvalue weighted by atomic mass is 27.3. The largest absolute Gasteiger partial charge is 1.20 e. The lowest BCUT2D eigenvalue weighted by molar-refractivity contribution is 0.311. The standard InChI is InChI=1S/C54H38N2.3C9H7NO.Al/c1-5-13-45-35-51(31-23-41(45)9-1)55(52-32-24-42-10-2-6-14-46(42)36-52)49-27-19-39(20-28-49)17-18-40-21-29-50(30-22-40)56(53-33-25-43-11-3-7-15-47(43)37-53)54-34-26-44-12-4-8-16-48(44)38-54;3*11-8-5-1-3-7-4-2-6-10-9(7)8;/h1-38H;3*1-6,11H;/q;;;;+3/p-3/b18-17+;;;;. The van der Waals surface area contributed by atoms with Crippen LogP contribution in [0.1, 0.15) is 11.1 Å². The van der Waals surface area contributed by atoms with E-state index in [-0.39, 0.29) is 0 Å². The molecule has 16 aromatic rings. The number of hydrogen-bond acceptors (Lipinski definition) is 8. The second-order valence-corrected chi connectivity index (χ2v) is 23.2. The Hall–Kier alpha value is -11.6. The predicted molar refractivity (Wildman–Crippen MR) is 374 cm³/mol. The van der Waals surface area contributed by atoms with E-state index in [4.69, 9.17) is 11.4 Å². The van der Waals surface area contributed by atoms with Gasteiger partial charge in [0.2, 0.25) is 0 Å². The van der Waals surface area contributed by atoms with Crippen molar-refractivity contribution in [1.82, 2.24) is 15.0 Å². The summed E-state index contributed by atoms with van der Waals surface area (Å²) in [7, 11) is 0. The van der Waals surface area contributed by atoms with E-state index in [1.165, 1.54) is 43.1 Å². The first-order valence-electron chi connectivity index (χ1n) is 30.0. The zero-order valence-corrected chi connectivity index (χ0v) is 50.0. The van der Waals surface area contributed by atoms with Gasteiger partial charge in [-0.2, -0.15) is 0 Å². The third kappa shape index (κ3) is 11.7. The van der Waals surface area contributed by atoms with E-state index < -0.39 is 15.1 Å². The molecular weight excluding hydrogens is 1120 g/mol. The van der Waals surface area contributed by atoms with Gasteiger partial charge in [0.25, 0.3) is 0 Å². The minimum atomic E-state index is -2.86. The smallest absolute Gasteiger partial charge is 0.576 e. The first kappa shape index (κ1) is 55.0. The third-order valence-electron chi connectivity index (χ3n) is 16.2. The molecule has 13 aromatic carbocycles.